The Kier molecular flexibility index (Phi) is 5.94. The van der Waals surface area contributed by atoms with Crippen molar-refractivity contribution in [1.82, 2.24) is 9.55 Å². The lowest BCUT2D eigenvalue weighted by Crippen LogP contribution is -2.36. The molecule has 30 heavy (non-hydrogen) atoms. The number of para-hydroxylation sites is 2. The number of fused-ring (bicyclic) bond motifs is 1. The Morgan fingerprint density at radius 2 is 1.87 bits per heavy atom. The van der Waals surface area contributed by atoms with Gasteiger partial charge in [-0.3, -0.25) is 4.79 Å². The third-order valence-corrected chi connectivity index (χ3v) is 6.57. The van der Waals surface area contributed by atoms with Crippen LogP contribution in [0.1, 0.15) is 45.6 Å². The van der Waals surface area contributed by atoms with Crippen molar-refractivity contribution in [3.05, 3.63) is 54.1 Å². The van der Waals surface area contributed by atoms with Crippen molar-refractivity contribution in [3.8, 4) is 11.4 Å². The van der Waals surface area contributed by atoms with Gasteiger partial charge in [-0.25, -0.2) is 4.98 Å². The molecule has 3 aromatic rings. The van der Waals surface area contributed by atoms with Crippen molar-refractivity contribution in [2.24, 2.45) is 17.8 Å². The minimum atomic E-state index is -0.169. The van der Waals surface area contributed by atoms with Crippen LogP contribution in [-0.2, 0) is 16.1 Å². The molecule has 0 amide bonds. The van der Waals surface area contributed by atoms with Crippen LogP contribution in [0.5, 0.6) is 0 Å². The Balaban J connectivity index is 1.64. The largest absolute Gasteiger partial charge is 0.461 e. The molecule has 1 aliphatic carbocycles. The zero-order chi connectivity index (χ0) is 21.3. The van der Waals surface area contributed by atoms with Gasteiger partial charge >= 0.3 is 5.97 Å². The number of carbonyl (C=O) groups is 1. The zero-order valence-electron chi connectivity index (χ0n) is 18.5. The summed E-state index contributed by atoms with van der Waals surface area (Å²) in [6.07, 6.45) is 3.34. The lowest BCUT2D eigenvalue weighted by Gasteiger charge is -2.36. The van der Waals surface area contributed by atoms with E-state index >= 15 is 0 Å². The predicted molar refractivity (Wildman–Crippen MR) is 121 cm³/mol. The molecular formula is C26H32N2O2. The van der Waals surface area contributed by atoms with Gasteiger partial charge in [-0.15, -0.1) is 0 Å². The minimum Gasteiger partial charge on any atom is -0.461 e. The Morgan fingerprint density at radius 1 is 1.13 bits per heavy atom. The highest BCUT2D eigenvalue weighted by Gasteiger charge is 2.33. The molecule has 1 fully saturated rings. The van der Waals surface area contributed by atoms with Gasteiger partial charge in [0.2, 0.25) is 0 Å². The van der Waals surface area contributed by atoms with E-state index in [1.54, 1.807) is 0 Å². The molecule has 2 unspecified atom stereocenters. The highest BCUT2D eigenvalue weighted by molar-refractivity contribution is 5.83. The van der Waals surface area contributed by atoms with Gasteiger partial charge in [-0.05, 0) is 55.2 Å². The van der Waals surface area contributed by atoms with E-state index in [1.165, 1.54) is 6.42 Å². The van der Waals surface area contributed by atoms with Crippen molar-refractivity contribution in [3.63, 3.8) is 0 Å². The fraction of sp³-hybridized carbons (Fsp3) is 0.462. The number of ether oxygens (including phenoxy) is 1. The standard InChI is InChI=1S/C26H32N2O2/c1-17(2)20-14-13-18(3)15-24(20)30-25(29)16-28-23-12-8-7-11-22(23)27-26(28)21-10-6-5-9-19(21)4/h5-12,17-18,20,24H,13-16H2,1-4H3/t18?,20?,24-/m1/s1. The molecule has 2 aromatic carbocycles. The Morgan fingerprint density at radius 3 is 2.63 bits per heavy atom. The third-order valence-electron chi connectivity index (χ3n) is 6.57. The van der Waals surface area contributed by atoms with Gasteiger partial charge in [-0.2, -0.15) is 0 Å². The van der Waals surface area contributed by atoms with E-state index in [4.69, 9.17) is 9.72 Å². The first kappa shape index (κ1) is 20.6. The summed E-state index contributed by atoms with van der Waals surface area (Å²) in [5.41, 5.74) is 4.05. The summed E-state index contributed by atoms with van der Waals surface area (Å²) in [5.74, 6) is 2.23. The molecule has 1 saturated carbocycles. The van der Waals surface area contributed by atoms with E-state index in [2.05, 4.69) is 39.8 Å². The highest BCUT2D eigenvalue weighted by Crippen LogP contribution is 2.35. The summed E-state index contributed by atoms with van der Waals surface area (Å²) >= 11 is 0. The monoisotopic (exact) mass is 404 g/mol. The lowest BCUT2D eigenvalue weighted by molar-refractivity contribution is -0.156. The molecule has 1 aromatic heterocycles. The zero-order valence-corrected chi connectivity index (χ0v) is 18.5. The van der Waals surface area contributed by atoms with Crippen LogP contribution in [0.4, 0.5) is 0 Å². The number of aryl methyl sites for hydroxylation is 1. The Hall–Kier alpha value is -2.62. The van der Waals surface area contributed by atoms with E-state index in [0.717, 1.165) is 40.8 Å². The number of imidazole rings is 1. The fourth-order valence-corrected chi connectivity index (χ4v) is 4.85. The molecule has 1 heterocycles. The summed E-state index contributed by atoms with van der Waals surface area (Å²) in [5, 5.41) is 0. The summed E-state index contributed by atoms with van der Waals surface area (Å²) in [4.78, 5) is 17.9. The second kappa shape index (κ2) is 8.63. The van der Waals surface area contributed by atoms with Crippen LogP contribution in [0.2, 0.25) is 0 Å². The number of esters is 1. The molecule has 0 aliphatic heterocycles. The molecular weight excluding hydrogens is 372 g/mol. The van der Waals surface area contributed by atoms with Gasteiger partial charge in [0.05, 0.1) is 11.0 Å². The van der Waals surface area contributed by atoms with Crippen molar-refractivity contribution < 1.29 is 9.53 Å². The van der Waals surface area contributed by atoms with Crippen molar-refractivity contribution in [2.75, 3.05) is 0 Å². The first-order chi connectivity index (χ1) is 14.4. The Bertz CT molecular complexity index is 1040. The average molecular weight is 405 g/mol. The normalized spacial score (nSPS) is 21.8. The van der Waals surface area contributed by atoms with E-state index in [1.807, 2.05) is 41.0 Å². The molecule has 0 radical (unpaired) electrons. The van der Waals surface area contributed by atoms with Gasteiger partial charge in [0.1, 0.15) is 18.5 Å². The summed E-state index contributed by atoms with van der Waals surface area (Å²) in [6, 6.07) is 16.2. The first-order valence-electron chi connectivity index (χ1n) is 11.1. The van der Waals surface area contributed by atoms with Gasteiger partial charge in [-0.1, -0.05) is 63.6 Å². The van der Waals surface area contributed by atoms with E-state index < -0.39 is 0 Å². The van der Waals surface area contributed by atoms with E-state index in [-0.39, 0.29) is 18.6 Å². The maximum absolute atomic E-state index is 13.1. The molecule has 3 atom stereocenters. The topological polar surface area (TPSA) is 44.1 Å². The molecule has 4 rings (SSSR count). The minimum absolute atomic E-state index is 0.0120. The smallest absolute Gasteiger partial charge is 0.326 e. The van der Waals surface area contributed by atoms with Gasteiger partial charge in [0.15, 0.2) is 0 Å². The molecule has 0 bridgehead atoms. The number of carbonyl (C=O) groups excluding carboxylic acids is 1. The summed E-state index contributed by atoms with van der Waals surface area (Å²) in [7, 11) is 0. The van der Waals surface area contributed by atoms with Gasteiger partial charge in [0, 0.05) is 5.56 Å². The van der Waals surface area contributed by atoms with Crippen LogP contribution in [0.25, 0.3) is 22.4 Å². The van der Waals surface area contributed by atoms with Gasteiger partial charge < -0.3 is 9.30 Å². The molecule has 0 saturated heterocycles. The highest BCUT2D eigenvalue weighted by atomic mass is 16.5. The van der Waals surface area contributed by atoms with Crippen molar-refractivity contribution >= 4 is 17.0 Å². The number of hydrogen-bond acceptors (Lipinski definition) is 3. The van der Waals surface area contributed by atoms with Crippen LogP contribution >= 0.6 is 0 Å². The second-order valence-electron chi connectivity index (χ2n) is 9.18. The molecule has 0 spiro atoms. The SMILES string of the molecule is Cc1ccccc1-c1nc2ccccc2n1CC(=O)O[C@@H]1CC(C)CCC1C(C)C. The third kappa shape index (κ3) is 4.14. The van der Waals surface area contributed by atoms with Gasteiger partial charge in [0.25, 0.3) is 0 Å². The van der Waals surface area contributed by atoms with E-state index in [9.17, 15) is 4.79 Å². The average Bonchev–Trinajstić information content (AvgIpc) is 3.06. The summed E-state index contributed by atoms with van der Waals surface area (Å²) in [6.45, 7) is 8.99. The van der Waals surface area contributed by atoms with Crippen molar-refractivity contribution in [2.45, 2.75) is 59.6 Å². The number of hydrogen-bond donors (Lipinski definition) is 0. The van der Waals surface area contributed by atoms with Crippen LogP contribution in [0, 0.1) is 24.7 Å². The lowest BCUT2D eigenvalue weighted by atomic mass is 9.75. The van der Waals surface area contributed by atoms with Crippen LogP contribution in [-0.4, -0.2) is 21.6 Å². The second-order valence-corrected chi connectivity index (χ2v) is 9.18. The summed E-state index contributed by atoms with van der Waals surface area (Å²) < 4.78 is 8.10. The van der Waals surface area contributed by atoms with Crippen LogP contribution in [0.3, 0.4) is 0 Å². The maximum Gasteiger partial charge on any atom is 0.326 e. The molecule has 4 heteroatoms. The number of nitrogens with zero attached hydrogens (tertiary/aromatic N) is 2. The number of aromatic nitrogens is 2. The molecule has 0 N–H and O–H groups in total. The molecule has 1 aliphatic rings. The maximum atomic E-state index is 13.1. The first-order valence-corrected chi connectivity index (χ1v) is 11.1. The Labute approximate surface area is 179 Å². The van der Waals surface area contributed by atoms with E-state index in [0.29, 0.717) is 17.8 Å². The fourth-order valence-electron chi connectivity index (χ4n) is 4.85. The predicted octanol–water partition coefficient (Wildman–Crippen LogP) is 6.02. The number of benzene rings is 2. The van der Waals surface area contributed by atoms with Crippen molar-refractivity contribution in [1.29, 1.82) is 0 Å². The molecule has 158 valence electrons. The van der Waals surface area contributed by atoms with Crippen LogP contribution < -0.4 is 0 Å². The molecule has 4 nitrogen and oxygen atoms in total. The van der Waals surface area contributed by atoms with Crippen LogP contribution in [0.15, 0.2) is 48.5 Å². The number of rotatable bonds is 5. The quantitative estimate of drug-likeness (QED) is 0.489.